The van der Waals surface area contributed by atoms with E-state index in [2.05, 4.69) is 20.3 Å². The second kappa shape index (κ2) is 5.54. The van der Waals surface area contributed by atoms with Gasteiger partial charge in [0.2, 0.25) is 0 Å². The predicted molar refractivity (Wildman–Crippen MR) is 68.0 cm³/mol. The Hall–Kier alpha value is -2.02. The average Bonchev–Trinajstić information content (AvgIpc) is 2.75. The molecule has 0 saturated heterocycles. The first-order valence-corrected chi connectivity index (χ1v) is 6.23. The van der Waals surface area contributed by atoms with Crippen molar-refractivity contribution in [2.45, 2.75) is 13.3 Å². The van der Waals surface area contributed by atoms with Crippen LogP contribution in [0.5, 0.6) is 0 Å². The third kappa shape index (κ3) is 3.01. The number of aromatic carboxylic acids is 1. The molecule has 6 nitrogen and oxygen atoms in total. The molecule has 0 aromatic carbocycles. The number of thiazole rings is 1. The SMILES string of the molecule is Cc1nc(CCNc2ncncc2C(=O)O)cs1. The number of nitrogens with zero attached hydrogens (tertiary/aromatic N) is 3. The van der Waals surface area contributed by atoms with E-state index >= 15 is 0 Å². The van der Waals surface area contributed by atoms with Gasteiger partial charge >= 0.3 is 5.97 Å². The number of hydrogen-bond donors (Lipinski definition) is 2. The fourth-order valence-electron chi connectivity index (χ4n) is 1.46. The highest BCUT2D eigenvalue weighted by atomic mass is 32.1. The molecule has 0 unspecified atom stereocenters. The fraction of sp³-hybridized carbons (Fsp3) is 0.273. The molecule has 18 heavy (non-hydrogen) atoms. The number of nitrogens with one attached hydrogen (secondary N) is 1. The van der Waals surface area contributed by atoms with Crippen LogP contribution in [0.2, 0.25) is 0 Å². The van der Waals surface area contributed by atoms with E-state index in [9.17, 15) is 4.79 Å². The van der Waals surface area contributed by atoms with Gasteiger partial charge in [0.25, 0.3) is 0 Å². The first-order valence-electron chi connectivity index (χ1n) is 5.35. The van der Waals surface area contributed by atoms with Crippen LogP contribution in [0.15, 0.2) is 17.9 Å². The van der Waals surface area contributed by atoms with Gasteiger partial charge in [0.15, 0.2) is 0 Å². The van der Waals surface area contributed by atoms with Gasteiger partial charge in [0.1, 0.15) is 17.7 Å². The Kier molecular flexibility index (Phi) is 3.83. The Morgan fingerprint density at radius 1 is 1.56 bits per heavy atom. The number of aromatic nitrogens is 3. The Morgan fingerprint density at radius 3 is 3.06 bits per heavy atom. The molecule has 2 aromatic rings. The molecule has 0 aliphatic heterocycles. The normalized spacial score (nSPS) is 10.3. The quantitative estimate of drug-likeness (QED) is 0.852. The maximum Gasteiger partial charge on any atom is 0.341 e. The molecule has 94 valence electrons. The molecule has 0 aliphatic rings. The van der Waals surface area contributed by atoms with Gasteiger partial charge in [-0.2, -0.15) is 0 Å². The lowest BCUT2D eigenvalue weighted by molar-refractivity contribution is 0.0697. The number of anilines is 1. The van der Waals surface area contributed by atoms with Gasteiger partial charge in [0.05, 0.1) is 10.7 Å². The molecule has 0 aliphatic carbocycles. The van der Waals surface area contributed by atoms with Crippen LogP contribution in [0.1, 0.15) is 21.1 Å². The summed E-state index contributed by atoms with van der Waals surface area (Å²) in [5.41, 5.74) is 1.07. The second-order valence-electron chi connectivity index (χ2n) is 3.62. The molecule has 0 radical (unpaired) electrons. The van der Waals surface area contributed by atoms with Crippen LogP contribution < -0.4 is 5.32 Å². The molecule has 0 amide bonds. The molecule has 0 bridgehead atoms. The summed E-state index contributed by atoms with van der Waals surface area (Å²) in [5, 5.41) is 15.0. The van der Waals surface area contributed by atoms with E-state index in [-0.39, 0.29) is 5.56 Å². The lowest BCUT2D eigenvalue weighted by Crippen LogP contribution is -2.11. The zero-order valence-corrected chi connectivity index (χ0v) is 10.6. The van der Waals surface area contributed by atoms with Crippen LogP contribution in [-0.4, -0.2) is 32.6 Å². The van der Waals surface area contributed by atoms with E-state index in [4.69, 9.17) is 5.11 Å². The highest BCUT2D eigenvalue weighted by Crippen LogP contribution is 2.11. The van der Waals surface area contributed by atoms with Gasteiger partial charge in [-0.05, 0) is 6.92 Å². The van der Waals surface area contributed by atoms with Crippen molar-refractivity contribution >= 4 is 23.1 Å². The van der Waals surface area contributed by atoms with E-state index in [1.807, 2.05) is 12.3 Å². The fourth-order valence-corrected chi connectivity index (χ4v) is 2.11. The van der Waals surface area contributed by atoms with Crippen LogP contribution in [0.25, 0.3) is 0 Å². The van der Waals surface area contributed by atoms with Crippen molar-refractivity contribution in [2.75, 3.05) is 11.9 Å². The van der Waals surface area contributed by atoms with Crippen molar-refractivity contribution in [2.24, 2.45) is 0 Å². The van der Waals surface area contributed by atoms with Crippen LogP contribution in [0.4, 0.5) is 5.82 Å². The van der Waals surface area contributed by atoms with Crippen LogP contribution in [0.3, 0.4) is 0 Å². The summed E-state index contributed by atoms with van der Waals surface area (Å²) >= 11 is 1.60. The number of aryl methyl sites for hydroxylation is 1. The molecule has 0 atom stereocenters. The highest BCUT2D eigenvalue weighted by molar-refractivity contribution is 7.09. The second-order valence-corrected chi connectivity index (χ2v) is 4.69. The highest BCUT2D eigenvalue weighted by Gasteiger charge is 2.10. The lowest BCUT2D eigenvalue weighted by atomic mass is 10.3. The van der Waals surface area contributed by atoms with Crippen molar-refractivity contribution in [3.05, 3.63) is 34.2 Å². The summed E-state index contributed by atoms with van der Waals surface area (Å²) in [4.78, 5) is 22.9. The number of carboxylic acids is 1. The topological polar surface area (TPSA) is 88.0 Å². The number of hydrogen-bond acceptors (Lipinski definition) is 6. The molecule has 0 fully saturated rings. The van der Waals surface area contributed by atoms with E-state index in [1.54, 1.807) is 11.3 Å². The van der Waals surface area contributed by atoms with Crippen molar-refractivity contribution in [3.8, 4) is 0 Å². The molecule has 7 heteroatoms. The van der Waals surface area contributed by atoms with Crippen LogP contribution >= 0.6 is 11.3 Å². The smallest absolute Gasteiger partial charge is 0.341 e. The summed E-state index contributed by atoms with van der Waals surface area (Å²) in [7, 11) is 0. The van der Waals surface area contributed by atoms with E-state index in [1.165, 1.54) is 12.5 Å². The molecule has 0 spiro atoms. The minimum atomic E-state index is -1.04. The van der Waals surface area contributed by atoms with Gasteiger partial charge < -0.3 is 10.4 Å². The number of carbonyl (C=O) groups is 1. The van der Waals surface area contributed by atoms with Crippen molar-refractivity contribution in [1.82, 2.24) is 15.0 Å². The maximum absolute atomic E-state index is 10.9. The monoisotopic (exact) mass is 264 g/mol. The van der Waals surface area contributed by atoms with Gasteiger partial charge in [-0.3, -0.25) is 0 Å². The van der Waals surface area contributed by atoms with Crippen LogP contribution in [0, 0.1) is 6.92 Å². The zero-order valence-electron chi connectivity index (χ0n) is 9.75. The lowest BCUT2D eigenvalue weighted by Gasteiger charge is -2.06. The largest absolute Gasteiger partial charge is 0.477 e. The molecule has 2 heterocycles. The van der Waals surface area contributed by atoms with Crippen LogP contribution in [-0.2, 0) is 6.42 Å². The minimum Gasteiger partial charge on any atom is -0.477 e. The standard InChI is InChI=1S/C11H12N4O2S/c1-7-15-8(5-18-7)2-3-13-10-9(11(16)17)4-12-6-14-10/h4-6H,2-3H2,1H3,(H,16,17)(H,12,13,14). The number of rotatable bonds is 5. The summed E-state index contributed by atoms with van der Waals surface area (Å²) in [6.45, 7) is 2.54. The predicted octanol–water partition coefficient (Wildman–Crippen LogP) is 1.59. The minimum absolute atomic E-state index is 0.0759. The summed E-state index contributed by atoms with van der Waals surface area (Å²) in [5.74, 6) is -0.702. The Balaban J connectivity index is 1.96. The Morgan fingerprint density at radius 2 is 2.39 bits per heavy atom. The van der Waals surface area contributed by atoms with Gasteiger partial charge in [0, 0.05) is 24.5 Å². The van der Waals surface area contributed by atoms with E-state index < -0.39 is 5.97 Å². The van der Waals surface area contributed by atoms with Gasteiger partial charge in [-0.25, -0.2) is 19.7 Å². The van der Waals surface area contributed by atoms with Gasteiger partial charge in [-0.1, -0.05) is 0 Å². The number of carboxylic acid groups (broad SMARTS) is 1. The van der Waals surface area contributed by atoms with E-state index in [0.717, 1.165) is 17.1 Å². The summed E-state index contributed by atoms with van der Waals surface area (Å²) in [6.07, 6.45) is 3.33. The zero-order chi connectivity index (χ0) is 13.0. The van der Waals surface area contributed by atoms with Gasteiger partial charge in [-0.15, -0.1) is 11.3 Å². The third-order valence-corrected chi connectivity index (χ3v) is 3.11. The van der Waals surface area contributed by atoms with Crippen molar-refractivity contribution in [3.63, 3.8) is 0 Å². The summed E-state index contributed by atoms with van der Waals surface area (Å²) < 4.78 is 0. The third-order valence-electron chi connectivity index (χ3n) is 2.28. The Labute approximate surface area is 108 Å². The molecule has 0 saturated carbocycles. The molecule has 2 N–H and O–H groups in total. The summed E-state index contributed by atoms with van der Waals surface area (Å²) in [6, 6.07) is 0. The Bertz CT molecular complexity index is 555. The average molecular weight is 264 g/mol. The van der Waals surface area contributed by atoms with Crippen molar-refractivity contribution in [1.29, 1.82) is 0 Å². The molecule has 2 aromatic heterocycles. The maximum atomic E-state index is 10.9. The molecular formula is C11H12N4O2S. The van der Waals surface area contributed by atoms with E-state index in [0.29, 0.717) is 12.4 Å². The first kappa shape index (κ1) is 12.4. The molecular weight excluding hydrogens is 252 g/mol. The molecule has 2 rings (SSSR count). The first-order chi connectivity index (χ1) is 8.66. The van der Waals surface area contributed by atoms with Crippen molar-refractivity contribution < 1.29 is 9.90 Å².